The van der Waals surface area contributed by atoms with Crippen molar-refractivity contribution in [2.75, 3.05) is 5.32 Å². The Labute approximate surface area is 208 Å². The Morgan fingerprint density at radius 3 is 2.33 bits per heavy atom. The zero-order chi connectivity index (χ0) is 25.2. The smallest absolute Gasteiger partial charge is 0.295 e. The van der Waals surface area contributed by atoms with Crippen LogP contribution in [0.2, 0.25) is 0 Å². The molecule has 36 heavy (non-hydrogen) atoms. The Hall–Kier alpha value is -4.59. The highest BCUT2D eigenvalue weighted by Crippen LogP contribution is 2.25. The second kappa shape index (κ2) is 9.58. The van der Waals surface area contributed by atoms with Crippen LogP contribution in [0.1, 0.15) is 24.5 Å². The summed E-state index contributed by atoms with van der Waals surface area (Å²) < 4.78 is 11.2. The fourth-order valence-electron chi connectivity index (χ4n) is 4.36. The maximum Gasteiger partial charge on any atom is 0.295 e. The predicted molar refractivity (Wildman–Crippen MR) is 140 cm³/mol. The number of rotatable bonds is 7. The zero-order valence-corrected chi connectivity index (χ0v) is 20.4. The van der Waals surface area contributed by atoms with Crippen molar-refractivity contribution in [3.05, 3.63) is 107 Å². The van der Waals surface area contributed by atoms with Crippen molar-refractivity contribution >= 4 is 22.6 Å². The number of ether oxygens (including phenoxy) is 1. The fraction of sp³-hybridized carbons (Fsp3) is 0.179. The normalized spacial score (nSPS) is 12.0. The second-order valence-electron chi connectivity index (χ2n) is 8.60. The highest BCUT2D eigenvalue weighted by atomic mass is 16.5. The largest absolute Gasteiger partial charge is 0.483 e. The third-order valence-electron chi connectivity index (χ3n) is 6.22. The number of carbonyl (C=O) groups excluding carboxylic acids is 1. The molecule has 1 atom stereocenters. The summed E-state index contributed by atoms with van der Waals surface area (Å²) >= 11 is 0. The molecule has 0 aliphatic rings. The summed E-state index contributed by atoms with van der Waals surface area (Å²) in [5.41, 5.74) is 2.94. The molecule has 0 saturated carbocycles. The molecule has 0 saturated heterocycles. The van der Waals surface area contributed by atoms with Crippen molar-refractivity contribution in [2.24, 2.45) is 7.05 Å². The van der Waals surface area contributed by atoms with Gasteiger partial charge in [0.05, 0.1) is 22.4 Å². The van der Waals surface area contributed by atoms with Gasteiger partial charge in [-0.25, -0.2) is 9.67 Å². The molecule has 5 rings (SSSR count). The molecule has 0 unspecified atom stereocenters. The van der Waals surface area contributed by atoms with E-state index >= 15 is 0 Å². The average Bonchev–Trinajstić information content (AvgIpc) is 3.35. The number of para-hydroxylation sites is 4. The SMILES string of the molecule is Cc1c(NC(=O)Cn2c([C@H](C)Oc3ccccc3)nc3ccccc32)c(=O)n(-c2ccccc2)n1C. The molecule has 8 nitrogen and oxygen atoms in total. The molecule has 0 aliphatic carbocycles. The van der Waals surface area contributed by atoms with E-state index in [0.717, 1.165) is 22.5 Å². The summed E-state index contributed by atoms with van der Waals surface area (Å²) in [5.74, 6) is 1.02. The van der Waals surface area contributed by atoms with Crippen LogP contribution in [0.15, 0.2) is 89.7 Å². The molecule has 2 heterocycles. The lowest BCUT2D eigenvalue weighted by Crippen LogP contribution is -2.26. The minimum atomic E-state index is -0.402. The van der Waals surface area contributed by atoms with Gasteiger partial charge in [0, 0.05) is 7.05 Å². The van der Waals surface area contributed by atoms with E-state index in [9.17, 15) is 9.59 Å². The van der Waals surface area contributed by atoms with Crippen LogP contribution < -0.4 is 15.6 Å². The number of amides is 1. The molecule has 0 fully saturated rings. The Morgan fingerprint density at radius 2 is 1.61 bits per heavy atom. The first-order chi connectivity index (χ1) is 17.4. The van der Waals surface area contributed by atoms with Gasteiger partial charge in [0.25, 0.3) is 5.56 Å². The quantitative estimate of drug-likeness (QED) is 0.368. The number of hydrogen-bond donors (Lipinski definition) is 1. The van der Waals surface area contributed by atoms with E-state index < -0.39 is 6.10 Å². The molecule has 3 aromatic carbocycles. The van der Waals surface area contributed by atoms with Gasteiger partial charge in [0.1, 0.15) is 18.0 Å². The Morgan fingerprint density at radius 1 is 0.972 bits per heavy atom. The highest BCUT2D eigenvalue weighted by Gasteiger charge is 2.22. The van der Waals surface area contributed by atoms with Crippen molar-refractivity contribution < 1.29 is 9.53 Å². The van der Waals surface area contributed by atoms with Crippen molar-refractivity contribution in [1.29, 1.82) is 0 Å². The molecule has 1 N–H and O–H groups in total. The minimum absolute atomic E-state index is 0.0164. The van der Waals surface area contributed by atoms with E-state index in [1.807, 2.05) is 103 Å². The topological polar surface area (TPSA) is 83.1 Å². The maximum absolute atomic E-state index is 13.3. The van der Waals surface area contributed by atoms with Crippen LogP contribution >= 0.6 is 0 Å². The van der Waals surface area contributed by atoms with Crippen LogP contribution in [-0.4, -0.2) is 24.8 Å². The van der Waals surface area contributed by atoms with Gasteiger partial charge in [0.2, 0.25) is 5.91 Å². The third kappa shape index (κ3) is 4.29. The standard InChI is InChI=1S/C28H27N5O3/c1-19-26(28(35)33(31(19)3)21-12-6-4-7-13-21)30-25(34)18-32-24-17-11-10-16-23(24)29-27(32)20(2)36-22-14-8-5-9-15-22/h4-17,20H,18H2,1-3H3,(H,30,34)/t20-/m0/s1. The predicted octanol–water partition coefficient (Wildman–Crippen LogP) is 4.61. The van der Waals surface area contributed by atoms with E-state index in [2.05, 4.69) is 5.32 Å². The first kappa shape index (κ1) is 23.2. The number of benzene rings is 3. The Kier molecular flexibility index (Phi) is 6.16. The molecule has 8 heteroatoms. The van der Waals surface area contributed by atoms with E-state index in [1.54, 1.807) is 16.4 Å². The Bertz CT molecular complexity index is 1580. The summed E-state index contributed by atoms with van der Waals surface area (Å²) in [7, 11) is 1.80. The number of fused-ring (bicyclic) bond motifs is 1. The van der Waals surface area contributed by atoms with Gasteiger partial charge in [-0.05, 0) is 50.2 Å². The lowest BCUT2D eigenvalue weighted by atomic mass is 10.3. The molecule has 182 valence electrons. The number of nitrogens with one attached hydrogen (secondary N) is 1. The average molecular weight is 482 g/mol. The number of anilines is 1. The zero-order valence-electron chi connectivity index (χ0n) is 20.4. The maximum atomic E-state index is 13.3. The van der Waals surface area contributed by atoms with Crippen LogP contribution in [-0.2, 0) is 18.4 Å². The molecule has 0 aliphatic heterocycles. The number of nitrogens with zero attached hydrogens (tertiary/aromatic N) is 4. The van der Waals surface area contributed by atoms with Gasteiger partial charge < -0.3 is 14.6 Å². The van der Waals surface area contributed by atoms with Crippen molar-refractivity contribution in [3.63, 3.8) is 0 Å². The van der Waals surface area contributed by atoms with Crippen LogP contribution in [0.5, 0.6) is 5.75 Å². The fourth-order valence-corrected chi connectivity index (χ4v) is 4.36. The van der Waals surface area contributed by atoms with Crippen molar-refractivity contribution in [1.82, 2.24) is 18.9 Å². The number of aromatic nitrogens is 4. The summed E-state index contributed by atoms with van der Waals surface area (Å²) in [4.78, 5) is 31.2. The number of imidazole rings is 1. The lowest BCUT2D eigenvalue weighted by molar-refractivity contribution is -0.116. The summed E-state index contributed by atoms with van der Waals surface area (Å²) in [6.07, 6.45) is -0.402. The first-order valence-electron chi connectivity index (χ1n) is 11.7. The minimum Gasteiger partial charge on any atom is -0.483 e. The van der Waals surface area contributed by atoms with E-state index in [1.165, 1.54) is 0 Å². The van der Waals surface area contributed by atoms with Gasteiger partial charge >= 0.3 is 0 Å². The van der Waals surface area contributed by atoms with Gasteiger partial charge in [-0.15, -0.1) is 0 Å². The van der Waals surface area contributed by atoms with E-state index in [0.29, 0.717) is 11.5 Å². The lowest BCUT2D eigenvalue weighted by Gasteiger charge is -2.16. The molecule has 0 radical (unpaired) electrons. The van der Waals surface area contributed by atoms with E-state index in [-0.39, 0.29) is 23.7 Å². The summed E-state index contributed by atoms with van der Waals surface area (Å²) in [6.45, 7) is 3.70. The van der Waals surface area contributed by atoms with E-state index in [4.69, 9.17) is 9.72 Å². The summed E-state index contributed by atoms with van der Waals surface area (Å²) in [6, 6.07) is 26.5. The Balaban J connectivity index is 1.45. The molecule has 0 spiro atoms. The van der Waals surface area contributed by atoms with Crippen LogP contribution in [0.4, 0.5) is 5.69 Å². The molecular weight excluding hydrogens is 454 g/mol. The van der Waals surface area contributed by atoms with Gasteiger partial charge in [-0.3, -0.25) is 14.3 Å². The van der Waals surface area contributed by atoms with Crippen LogP contribution in [0, 0.1) is 6.92 Å². The highest BCUT2D eigenvalue weighted by molar-refractivity contribution is 5.92. The molecule has 5 aromatic rings. The number of carbonyl (C=O) groups is 1. The first-order valence-corrected chi connectivity index (χ1v) is 11.7. The van der Waals surface area contributed by atoms with Crippen LogP contribution in [0.3, 0.4) is 0 Å². The van der Waals surface area contributed by atoms with Gasteiger partial charge in [0.15, 0.2) is 11.9 Å². The second-order valence-corrected chi connectivity index (χ2v) is 8.60. The molecule has 0 bridgehead atoms. The summed E-state index contributed by atoms with van der Waals surface area (Å²) in [5, 5.41) is 2.85. The molecular formula is C28H27N5O3. The van der Waals surface area contributed by atoms with Gasteiger partial charge in [-0.2, -0.15) is 0 Å². The molecule has 1 amide bonds. The van der Waals surface area contributed by atoms with Crippen molar-refractivity contribution in [3.8, 4) is 11.4 Å². The molecule has 2 aromatic heterocycles. The van der Waals surface area contributed by atoms with Crippen LogP contribution in [0.25, 0.3) is 16.7 Å². The number of hydrogen-bond acceptors (Lipinski definition) is 4. The van der Waals surface area contributed by atoms with Gasteiger partial charge in [-0.1, -0.05) is 48.5 Å². The van der Waals surface area contributed by atoms with Crippen molar-refractivity contribution in [2.45, 2.75) is 26.5 Å². The third-order valence-corrected chi connectivity index (χ3v) is 6.22. The monoisotopic (exact) mass is 481 g/mol.